The third-order valence-electron chi connectivity index (χ3n) is 5.85. The SMILES string of the molecule is COc1cc(C)c2[nH]ccc2c1CN1CCCC[C@@H]1c1ccc(C(=O)O)cc1. The largest absolute Gasteiger partial charge is 0.496 e. The molecule has 0 amide bonds. The van der Waals surface area contributed by atoms with Gasteiger partial charge < -0.3 is 14.8 Å². The number of fused-ring (bicyclic) bond motifs is 1. The van der Waals surface area contributed by atoms with E-state index in [1.165, 1.54) is 34.9 Å². The van der Waals surface area contributed by atoms with Crippen LogP contribution >= 0.6 is 0 Å². The van der Waals surface area contributed by atoms with Crippen molar-refractivity contribution in [2.45, 2.75) is 38.8 Å². The zero-order valence-electron chi connectivity index (χ0n) is 16.4. The number of piperidine rings is 1. The van der Waals surface area contributed by atoms with Crippen LogP contribution in [0.5, 0.6) is 5.75 Å². The number of hydrogen-bond acceptors (Lipinski definition) is 3. The van der Waals surface area contributed by atoms with E-state index in [1.54, 1.807) is 19.2 Å². The predicted molar refractivity (Wildman–Crippen MR) is 110 cm³/mol. The molecular weight excluding hydrogens is 352 g/mol. The second-order valence-corrected chi connectivity index (χ2v) is 7.55. The number of H-pyrrole nitrogens is 1. The number of aromatic amines is 1. The Hall–Kier alpha value is -2.79. The lowest BCUT2D eigenvalue weighted by molar-refractivity contribution is 0.0696. The molecule has 0 aliphatic carbocycles. The molecule has 5 heteroatoms. The van der Waals surface area contributed by atoms with E-state index in [0.29, 0.717) is 5.56 Å². The highest BCUT2D eigenvalue weighted by molar-refractivity contribution is 5.88. The van der Waals surface area contributed by atoms with Crippen molar-refractivity contribution in [3.8, 4) is 5.75 Å². The molecule has 0 saturated carbocycles. The Morgan fingerprint density at radius 3 is 2.75 bits per heavy atom. The Morgan fingerprint density at radius 2 is 2.04 bits per heavy atom. The van der Waals surface area contributed by atoms with Crippen LogP contribution in [0.1, 0.15) is 52.4 Å². The second-order valence-electron chi connectivity index (χ2n) is 7.55. The minimum absolute atomic E-state index is 0.289. The Labute approximate surface area is 164 Å². The van der Waals surface area contributed by atoms with Crippen LogP contribution in [0.25, 0.3) is 10.9 Å². The molecule has 2 heterocycles. The second kappa shape index (κ2) is 7.68. The van der Waals surface area contributed by atoms with Crippen LogP contribution < -0.4 is 4.74 Å². The van der Waals surface area contributed by atoms with Gasteiger partial charge in [-0.15, -0.1) is 0 Å². The van der Waals surface area contributed by atoms with Gasteiger partial charge in [-0.05, 0) is 61.7 Å². The van der Waals surface area contributed by atoms with Gasteiger partial charge in [0, 0.05) is 35.2 Å². The first kappa shape index (κ1) is 18.6. The first-order valence-electron chi connectivity index (χ1n) is 9.79. The van der Waals surface area contributed by atoms with Gasteiger partial charge in [-0.3, -0.25) is 4.90 Å². The molecule has 5 nitrogen and oxygen atoms in total. The van der Waals surface area contributed by atoms with E-state index < -0.39 is 5.97 Å². The number of methoxy groups -OCH3 is 1. The third-order valence-corrected chi connectivity index (χ3v) is 5.85. The highest BCUT2D eigenvalue weighted by atomic mass is 16.5. The zero-order chi connectivity index (χ0) is 19.7. The Balaban J connectivity index is 1.68. The summed E-state index contributed by atoms with van der Waals surface area (Å²) >= 11 is 0. The Kier molecular flexibility index (Phi) is 5.09. The molecular formula is C23H26N2O3. The van der Waals surface area contributed by atoms with Crippen LogP contribution in [0, 0.1) is 6.92 Å². The topological polar surface area (TPSA) is 65.6 Å². The van der Waals surface area contributed by atoms with Crippen LogP contribution in [0.4, 0.5) is 0 Å². The molecule has 1 saturated heterocycles. The maximum atomic E-state index is 11.2. The van der Waals surface area contributed by atoms with Crippen LogP contribution in [0.3, 0.4) is 0 Å². The molecule has 2 aromatic carbocycles. The van der Waals surface area contributed by atoms with E-state index in [2.05, 4.69) is 28.9 Å². The standard InChI is InChI=1S/C23H26N2O3/c1-15-13-21(28-2)19(18-10-11-24-22(15)18)14-25-12-4-3-5-20(25)16-6-8-17(9-7-16)23(26)27/h6-11,13,20,24H,3-5,12,14H2,1-2H3,(H,26,27)/t20-/m1/s1. The number of benzene rings is 2. The summed E-state index contributed by atoms with van der Waals surface area (Å²) in [7, 11) is 1.73. The van der Waals surface area contributed by atoms with Gasteiger partial charge >= 0.3 is 5.97 Å². The molecule has 1 aliphatic heterocycles. The van der Waals surface area contributed by atoms with Crippen molar-refractivity contribution in [3.05, 3.63) is 64.8 Å². The van der Waals surface area contributed by atoms with E-state index >= 15 is 0 Å². The Bertz CT molecular complexity index is 991. The van der Waals surface area contributed by atoms with Gasteiger partial charge in [-0.2, -0.15) is 0 Å². The van der Waals surface area contributed by atoms with Gasteiger partial charge in [0.15, 0.2) is 0 Å². The van der Waals surface area contributed by atoms with Gasteiger partial charge in [0.2, 0.25) is 0 Å². The maximum absolute atomic E-state index is 11.2. The number of carbonyl (C=O) groups is 1. The number of aryl methyl sites for hydroxylation is 1. The van der Waals surface area contributed by atoms with Gasteiger partial charge in [-0.25, -0.2) is 4.79 Å². The number of aromatic carboxylic acids is 1. The summed E-state index contributed by atoms with van der Waals surface area (Å²) in [4.78, 5) is 17.0. The van der Waals surface area contributed by atoms with Crippen molar-refractivity contribution in [1.82, 2.24) is 9.88 Å². The van der Waals surface area contributed by atoms with E-state index in [-0.39, 0.29) is 6.04 Å². The van der Waals surface area contributed by atoms with Crippen LogP contribution in [0.2, 0.25) is 0 Å². The molecule has 28 heavy (non-hydrogen) atoms. The number of hydrogen-bond donors (Lipinski definition) is 2. The molecule has 3 aromatic rings. The lowest BCUT2D eigenvalue weighted by Crippen LogP contribution is -2.33. The van der Waals surface area contributed by atoms with Crippen molar-refractivity contribution in [1.29, 1.82) is 0 Å². The van der Waals surface area contributed by atoms with E-state index in [0.717, 1.165) is 30.8 Å². The number of rotatable bonds is 5. The predicted octanol–water partition coefficient (Wildman–Crippen LogP) is 4.91. The number of nitrogens with zero attached hydrogens (tertiary/aromatic N) is 1. The Morgan fingerprint density at radius 1 is 1.25 bits per heavy atom. The fourth-order valence-corrected chi connectivity index (χ4v) is 4.39. The lowest BCUT2D eigenvalue weighted by Gasteiger charge is -2.36. The smallest absolute Gasteiger partial charge is 0.335 e. The van der Waals surface area contributed by atoms with Crippen LogP contribution in [-0.4, -0.2) is 34.6 Å². The fraction of sp³-hybridized carbons (Fsp3) is 0.348. The number of carboxylic acid groups (broad SMARTS) is 1. The van der Waals surface area contributed by atoms with Crippen LogP contribution in [0.15, 0.2) is 42.6 Å². The van der Waals surface area contributed by atoms with E-state index in [4.69, 9.17) is 9.84 Å². The molecule has 146 valence electrons. The van der Waals surface area contributed by atoms with Gasteiger partial charge in [0.25, 0.3) is 0 Å². The number of carboxylic acids is 1. The molecule has 4 rings (SSSR count). The minimum Gasteiger partial charge on any atom is -0.496 e. The summed E-state index contributed by atoms with van der Waals surface area (Å²) in [5, 5.41) is 10.4. The van der Waals surface area contributed by atoms with Crippen molar-refractivity contribution >= 4 is 16.9 Å². The fourth-order valence-electron chi connectivity index (χ4n) is 4.39. The monoisotopic (exact) mass is 378 g/mol. The maximum Gasteiger partial charge on any atom is 0.335 e. The molecule has 1 atom stereocenters. The number of aromatic nitrogens is 1. The quantitative estimate of drug-likeness (QED) is 0.662. The summed E-state index contributed by atoms with van der Waals surface area (Å²) in [5.74, 6) is 0.0430. The van der Waals surface area contributed by atoms with Crippen molar-refractivity contribution in [3.63, 3.8) is 0 Å². The van der Waals surface area contributed by atoms with Gasteiger partial charge in [0.1, 0.15) is 5.75 Å². The summed E-state index contributed by atoms with van der Waals surface area (Å²) in [6, 6.07) is 11.9. The number of nitrogens with one attached hydrogen (secondary N) is 1. The van der Waals surface area contributed by atoms with Crippen molar-refractivity contribution in [2.75, 3.05) is 13.7 Å². The summed E-state index contributed by atoms with van der Waals surface area (Å²) < 4.78 is 5.72. The molecule has 1 fully saturated rings. The molecule has 0 spiro atoms. The number of ether oxygens (including phenoxy) is 1. The van der Waals surface area contributed by atoms with E-state index in [1.807, 2.05) is 18.3 Å². The molecule has 1 aromatic heterocycles. The molecule has 0 radical (unpaired) electrons. The normalized spacial score (nSPS) is 17.7. The third kappa shape index (κ3) is 3.38. The van der Waals surface area contributed by atoms with Crippen LogP contribution in [-0.2, 0) is 6.54 Å². The summed E-state index contributed by atoms with van der Waals surface area (Å²) in [5.41, 5.74) is 5.06. The molecule has 2 N–H and O–H groups in total. The first-order chi connectivity index (χ1) is 13.6. The molecule has 0 bridgehead atoms. The van der Waals surface area contributed by atoms with Crippen molar-refractivity contribution < 1.29 is 14.6 Å². The lowest BCUT2D eigenvalue weighted by atomic mass is 9.93. The highest BCUT2D eigenvalue weighted by Gasteiger charge is 2.26. The highest BCUT2D eigenvalue weighted by Crippen LogP contribution is 2.37. The summed E-state index contributed by atoms with van der Waals surface area (Å²) in [6.45, 7) is 3.93. The van der Waals surface area contributed by atoms with E-state index in [9.17, 15) is 4.79 Å². The number of likely N-dealkylation sites (tertiary alicyclic amines) is 1. The molecule has 1 aliphatic rings. The minimum atomic E-state index is -0.883. The average Bonchev–Trinajstić information content (AvgIpc) is 3.21. The molecule has 0 unspecified atom stereocenters. The summed E-state index contributed by atoms with van der Waals surface area (Å²) in [6.07, 6.45) is 5.43. The van der Waals surface area contributed by atoms with Gasteiger partial charge in [0.05, 0.1) is 12.7 Å². The first-order valence-corrected chi connectivity index (χ1v) is 9.79. The average molecular weight is 378 g/mol. The zero-order valence-corrected chi connectivity index (χ0v) is 16.4. The van der Waals surface area contributed by atoms with Gasteiger partial charge in [-0.1, -0.05) is 18.6 Å². The van der Waals surface area contributed by atoms with Crippen molar-refractivity contribution in [2.24, 2.45) is 0 Å².